The number of nitrogens with one attached hydrogen (secondary N) is 1. The molecule has 1 aromatic rings. The smallest absolute Gasteiger partial charge is 0.137 e. The quantitative estimate of drug-likeness (QED) is 0.809. The van der Waals surface area contributed by atoms with Crippen molar-refractivity contribution in [1.29, 1.82) is 0 Å². The highest BCUT2D eigenvalue weighted by molar-refractivity contribution is 5.80. The number of ketones is 1. The zero-order valence-electron chi connectivity index (χ0n) is 11.3. The number of rotatable bonds is 6. The molecule has 1 aromatic carbocycles. The van der Waals surface area contributed by atoms with Crippen molar-refractivity contribution in [2.45, 2.75) is 40.0 Å². The summed E-state index contributed by atoms with van der Waals surface area (Å²) in [7, 11) is 0. The van der Waals surface area contributed by atoms with Crippen LogP contribution in [0.5, 0.6) is 0 Å². The van der Waals surface area contributed by atoms with Gasteiger partial charge in [0.25, 0.3) is 0 Å². The maximum Gasteiger partial charge on any atom is 0.137 e. The third kappa shape index (κ3) is 4.22. The summed E-state index contributed by atoms with van der Waals surface area (Å²) >= 11 is 0. The van der Waals surface area contributed by atoms with E-state index in [4.69, 9.17) is 0 Å². The van der Waals surface area contributed by atoms with Crippen LogP contribution in [0.1, 0.15) is 45.6 Å². The van der Waals surface area contributed by atoms with Crippen molar-refractivity contribution in [3.63, 3.8) is 0 Å². The van der Waals surface area contributed by atoms with E-state index in [9.17, 15) is 4.79 Å². The van der Waals surface area contributed by atoms with Gasteiger partial charge in [0.05, 0.1) is 0 Å². The Hall–Kier alpha value is -1.31. The molecule has 94 valence electrons. The molecule has 1 atom stereocenters. The van der Waals surface area contributed by atoms with Crippen molar-refractivity contribution in [2.75, 3.05) is 11.9 Å². The van der Waals surface area contributed by atoms with Gasteiger partial charge >= 0.3 is 0 Å². The standard InChI is InChI=1S/C15H23NO/c1-5-15(17)12(4)10-16-14-8-6-7-13(9-14)11(2)3/h6-9,11-12,16H,5,10H2,1-4H3. The summed E-state index contributed by atoms with van der Waals surface area (Å²) in [6, 6.07) is 8.41. The molecule has 0 saturated carbocycles. The fourth-order valence-corrected chi connectivity index (χ4v) is 1.74. The molecule has 0 heterocycles. The first kappa shape index (κ1) is 13.8. The van der Waals surface area contributed by atoms with Crippen LogP contribution >= 0.6 is 0 Å². The minimum absolute atomic E-state index is 0.0858. The number of hydrogen-bond donors (Lipinski definition) is 1. The lowest BCUT2D eigenvalue weighted by molar-refractivity contribution is -0.121. The van der Waals surface area contributed by atoms with Crippen LogP contribution in [0.3, 0.4) is 0 Å². The summed E-state index contributed by atoms with van der Waals surface area (Å²) in [5.74, 6) is 0.937. The number of carbonyl (C=O) groups excluding carboxylic acids is 1. The molecule has 2 heteroatoms. The Morgan fingerprint density at radius 1 is 1.29 bits per heavy atom. The molecule has 1 unspecified atom stereocenters. The Labute approximate surface area is 104 Å². The van der Waals surface area contributed by atoms with Crippen molar-refractivity contribution in [1.82, 2.24) is 0 Å². The number of hydrogen-bond acceptors (Lipinski definition) is 2. The van der Waals surface area contributed by atoms with Gasteiger partial charge in [0.2, 0.25) is 0 Å². The van der Waals surface area contributed by atoms with E-state index < -0.39 is 0 Å². The van der Waals surface area contributed by atoms with Crippen LogP contribution in [-0.4, -0.2) is 12.3 Å². The SMILES string of the molecule is CCC(=O)C(C)CNc1cccc(C(C)C)c1. The molecule has 17 heavy (non-hydrogen) atoms. The molecule has 0 bridgehead atoms. The van der Waals surface area contributed by atoms with Gasteiger partial charge in [-0.2, -0.15) is 0 Å². The van der Waals surface area contributed by atoms with Gasteiger partial charge in [-0.3, -0.25) is 4.79 Å². The van der Waals surface area contributed by atoms with E-state index in [-0.39, 0.29) is 5.92 Å². The van der Waals surface area contributed by atoms with Crippen molar-refractivity contribution >= 4 is 11.5 Å². The van der Waals surface area contributed by atoms with Crippen LogP contribution in [-0.2, 0) is 4.79 Å². The molecule has 0 amide bonds. The fourth-order valence-electron chi connectivity index (χ4n) is 1.74. The second-order valence-corrected chi connectivity index (χ2v) is 4.88. The highest BCUT2D eigenvalue weighted by Crippen LogP contribution is 2.18. The molecular weight excluding hydrogens is 210 g/mol. The normalized spacial score (nSPS) is 12.5. The zero-order chi connectivity index (χ0) is 12.8. The second kappa shape index (κ2) is 6.43. The van der Waals surface area contributed by atoms with Crippen LogP contribution in [0.25, 0.3) is 0 Å². The third-order valence-corrected chi connectivity index (χ3v) is 3.06. The predicted octanol–water partition coefficient (Wildman–Crippen LogP) is 3.84. The molecule has 0 aliphatic carbocycles. The maximum atomic E-state index is 11.5. The largest absolute Gasteiger partial charge is 0.384 e. The summed E-state index contributed by atoms with van der Waals surface area (Å²) in [5, 5.41) is 3.33. The molecule has 0 aliphatic heterocycles. The van der Waals surface area contributed by atoms with E-state index in [1.807, 2.05) is 13.8 Å². The Balaban J connectivity index is 2.57. The monoisotopic (exact) mass is 233 g/mol. The second-order valence-electron chi connectivity index (χ2n) is 4.88. The van der Waals surface area contributed by atoms with Gasteiger partial charge in [-0.25, -0.2) is 0 Å². The molecule has 0 fully saturated rings. The Bertz CT molecular complexity index is 371. The van der Waals surface area contributed by atoms with Crippen LogP contribution in [0.4, 0.5) is 5.69 Å². The Morgan fingerprint density at radius 2 is 2.00 bits per heavy atom. The fraction of sp³-hybridized carbons (Fsp3) is 0.533. The number of carbonyl (C=O) groups is 1. The van der Waals surface area contributed by atoms with E-state index in [0.29, 0.717) is 24.7 Å². The van der Waals surface area contributed by atoms with Gasteiger partial charge in [-0.15, -0.1) is 0 Å². The highest BCUT2D eigenvalue weighted by atomic mass is 16.1. The molecule has 0 saturated heterocycles. The van der Waals surface area contributed by atoms with Gasteiger partial charge in [-0.1, -0.05) is 39.8 Å². The average molecular weight is 233 g/mol. The van der Waals surface area contributed by atoms with Gasteiger partial charge in [0.1, 0.15) is 5.78 Å². The molecule has 0 radical (unpaired) electrons. The molecule has 1 N–H and O–H groups in total. The van der Waals surface area contributed by atoms with Crippen LogP contribution < -0.4 is 5.32 Å². The highest BCUT2D eigenvalue weighted by Gasteiger charge is 2.10. The Morgan fingerprint density at radius 3 is 2.59 bits per heavy atom. The summed E-state index contributed by atoms with van der Waals surface area (Å²) < 4.78 is 0. The maximum absolute atomic E-state index is 11.5. The minimum Gasteiger partial charge on any atom is -0.384 e. The van der Waals surface area contributed by atoms with E-state index in [1.165, 1.54) is 5.56 Å². The van der Waals surface area contributed by atoms with Crippen molar-refractivity contribution < 1.29 is 4.79 Å². The molecule has 0 aliphatic rings. The summed E-state index contributed by atoms with van der Waals surface area (Å²) in [6.07, 6.45) is 0.620. The molecule has 0 aromatic heterocycles. The lowest BCUT2D eigenvalue weighted by Gasteiger charge is -2.13. The zero-order valence-corrected chi connectivity index (χ0v) is 11.3. The van der Waals surface area contributed by atoms with Crippen LogP contribution in [0, 0.1) is 5.92 Å². The summed E-state index contributed by atoms with van der Waals surface area (Å²) in [6.45, 7) is 8.97. The Kier molecular flexibility index (Phi) is 5.20. The van der Waals surface area contributed by atoms with E-state index in [0.717, 1.165) is 5.69 Å². The predicted molar refractivity (Wildman–Crippen MR) is 73.5 cm³/mol. The average Bonchev–Trinajstić information content (AvgIpc) is 2.35. The van der Waals surface area contributed by atoms with Gasteiger partial charge < -0.3 is 5.32 Å². The first-order valence-electron chi connectivity index (χ1n) is 6.41. The molecule has 1 rings (SSSR count). The number of benzene rings is 1. The third-order valence-electron chi connectivity index (χ3n) is 3.06. The first-order chi connectivity index (χ1) is 8.04. The number of Topliss-reactive ketones (excluding diaryl/α,β-unsaturated/α-hetero) is 1. The topological polar surface area (TPSA) is 29.1 Å². The van der Waals surface area contributed by atoms with Crippen LogP contribution in [0.2, 0.25) is 0 Å². The van der Waals surface area contributed by atoms with E-state index in [1.54, 1.807) is 0 Å². The summed E-state index contributed by atoms with van der Waals surface area (Å²) in [4.78, 5) is 11.5. The van der Waals surface area contributed by atoms with E-state index in [2.05, 4.69) is 43.4 Å². The van der Waals surface area contributed by atoms with Crippen molar-refractivity contribution in [3.8, 4) is 0 Å². The van der Waals surface area contributed by atoms with Gasteiger partial charge in [0.15, 0.2) is 0 Å². The summed E-state index contributed by atoms with van der Waals surface area (Å²) in [5.41, 5.74) is 2.43. The molecule has 0 spiro atoms. The first-order valence-corrected chi connectivity index (χ1v) is 6.41. The van der Waals surface area contributed by atoms with Crippen molar-refractivity contribution in [3.05, 3.63) is 29.8 Å². The molecular formula is C15H23NO. The minimum atomic E-state index is 0.0858. The van der Waals surface area contributed by atoms with Gasteiger partial charge in [-0.05, 0) is 23.6 Å². The van der Waals surface area contributed by atoms with Gasteiger partial charge in [0, 0.05) is 24.6 Å². The lowest BCUT2D eigenvalue weighted by atomic mass is 10.0. The number of anilines is 1. The van der Waals surface area contributed by atoms with E-state index >= 15 is 0 Å². The van der Waals surface area contributed by atoms with Crippen molar-refractivity contribution in [2.24, 2.45) is 5.92 Å². The molecule has 2 nitrogen and oxygen atoms in total. The van der Waals surface area contributed by atoms with Crippen LogP contribution in [0.15, 0.2) is 24.3 Å². The lowest BCUT2D eigenvalue weighted by Crippen LogP contribution is -2.19.